The van der Waals surface area contributed by atoms with Crippen LogP contribution in [0.5, 0.6) is 0 Å². The fraction of sp³-hybridized carbons (Fsp3) is 0.846. The Kier molecular flexibility index (Phi) is 10.8. The maximum absolute atomic E-state index is 11.7. The van der Waals surface area contributed by atoms with Gasteiger partial charge in [0.1, 0.15) is 0 Å². The lowest BCUT2D eigenvalue weighted by Gasteiger charge is -2.24. The van der Waals surface area contributed by atoms with Gasteiger partial charge in [-0.2, -0.15) is 0 Å². The molecule has 0 bridgehead atoms. The highest BCUT2D eigenvalue weighted by molar-refractivity contribution is 5.85. The molecule has 0 spiro atoms. The van der Waals surface area contributed by atoms with Crippen LogP contribution in [-0.4, -0.2) is 41.9 Å². The SMILES string of the molecule is CCN(CC)C(=O)CCCC(=O)NC(C)(C)CN.Cl. The van der Waals surface area contributed by atoms with Gasteiger partial charge in [0, 0.05) is 38.0 Å². The van der Waals surface area contributed by atoms with Crippen LogP contribution < -0.4 is 11.1 Å². The Bertz CT molecular complexity index is 279. The van der Waals surface area contributed by atoms with Crippen LogP contribution in [0.25, 0.3) is 0 Å². The molecule has 0 unspecified atom stereocenters. The van der Waals surface area contributed by atoms with Gasteiger partial charge >= 0.3 is 0 Å². The van der Waals surface area contributed by atoms with Crippen molar-refractivity contribution in [2.45, 2.75) is 52.5 Å². The average molecular weight is 294 g/mol. The van der Waals surface area contributed by atoms with Crippen LogP contribution in [0.1, 0.15) is 47.0 Å². The van der Waals surface area contributed by atoms with E-state index in [2.05, 4.69) is 5.32 Å². The van der Waals surface area contributed by atoms with E-state index in [4.69, 9.17) is 5.73 Å². The lowest BCUT2D eigenvalue weighted by Crippen LogP contribution is -2.48. The zero-order valence-electron chi connectivity index (χ0n) is 12.5. The van der Waals surface area contributed by atoms with Gasteiger partial charge in [-0.1, -0.05) is 0 Å². The summed E-state index contributed by atoms with van der Waals surface area (Å²) in [5.41, 5.74) is 5.16. The van der Waals surface area contributed by atoms with Gasteiger partial charge in [0.2, 0.25) is 11.8 Å². The third kappa shape index (κ3) is 8.83. The van der Waals surface area contributed by atoms with Gasteiger partial charge in [-0.3, -0.25) is 9.59 Å². The first-order valence-corrected chi connectivity index (χ1v) is 6.65. The Morgan fingerprint density at radius 2 is 1.68 bits per heavy atom. The Hall–Kier alpha value is -0.810. The minimum Gasteiger partial charge on any atom is -0.350 e. The standard InChI is InChI=1S/C13H27N3O2.ClH/c1-5-16(6-2)12(18)9-7-8-11(17)15-13(3,4)10-14;/h5-10,14H2,1-4H3,(H,15,17);1H. The first-order valence-electron chi connectivity index (χ1n) is 6.65. The van der Waals surface area contributed by atoms with E-state index in [1.54, 1.807) is 4.90 Å². The summed E-state index contributed by atoms with van der Waals surface area (Å²) in [6.45, 7) is 9.52. The summed E-state index contributed by atoms with van der Waals surface area (Å²) >= 11 is 0. The van der Waals surface area contributed by atoms with Gasteiger partial charge in [0.25, 0.3) is 0 Å². The summed E-state index contributed by atoms with van der Waals surface area (Å²) < 4.78 is 0. The first-order chi connectivity index (χ1) is 8.36. The van der Waals surface area contributed by atoms with Crippen LogP contribution in [0, 0.1) is 0 Å². The van der Waals surface area contributed by atoms with Gasteiger partial charge in [-0.05, 0) is 34.1 Å². The molecule has 0 fully saturated rings. The van der Waals surface area contributed by atoms with Crippen LogP contribution in [-0.2, 0) is 9.59 Å². The van der Waals surface area contributed by atoms with Crippen LogP contribution in [0.15, 0.2) is 0 Å². The summed E-state index contributed by atoms with van der Waals surface area (Å²) in [4.78, 5) is 25.1. The summed E-state index contributed by atoms with van der Waals surface area (Å²) in [6, 6.07) is 0. The van der Waals surface area contributed by atoms with Crippen LogP contribution in [0.3, 0.4) is 0 Å². The van der Waals surface area contributed by atoms with Crippen molar-refractivity contribution in [3.63, 3.8) is 0 Å². The molecule has 0 heterocycles. The second-order valence-electron chi connectivity index (χ2n) is 5.06. The third-order valence-electron chi connectivity index (χ3n) is 2.90. The molecule has 0 aliphatic carbocycles. The van der Waals surface area contributed by atoms with Crippen molar-refractivity contribution >= 4 is 24.2 Å². The topological polar surface area (TPSA) is 75.4 Å². The van der Waals surface area contributed by atoms with E-state index in [0.29, 0.717) is 25.8 Å². The number of hydrogen-bond donors (Lipinski definition) is 2. The monoisotopic (exact) mass is 293 g/mol. The molecule has 0 aromatic carbocycles. The lowest BCUT2D eigenvalue weighted by molar-refractivity contribution is -0.131. The molecular formula is C13H28ClN3O2. The molecule has 19 heavy (non-hydrogen) atoms. The van der Waals surface area contributed by atoms with Crippen molar-refractivity contribution in [2.75, 3.05) is 19.6 Å². The molecular weight excluding hydrogens is 266 g/mol. The Morgan fingerprint density at radius 1 is 1.16 bits per heavy atom. The van der Waals surface area contributed by atoms with Crippen LogP contribution in [0.4, 0.5) is 0 Å². The van der Waals surface area contributed by atoms with Crippen LogP contribution in [0.2, 0.25) is 0 Å². The Labute approximate surface area is 122 Å². The molecule has 0 aliphatic rings. The quantitative estimate of drug-likeness (QED) is 0.708. The maximum atomic E-state index is 11.7. The largest absolute Gasteiger partial charge is 0.350 e. The van der Waals surface area contributed by atoms with Crippen molar-refractivity contribution in [3.8, 4) is 0 Å². The number of nitrogens with two attached hydrogens (primary N) is 1. The molecule has 0 aliphatic heterocycles. The van der Waals surface area contributed by atoms with E-state index in [-0.39, 0.29) is 29.8 Å². The molecule has 5 nitrogen and oxygen atoms in total. The van der Waals surface area contributed by atoms with Gasteiger partial charge < -0.3 is 16.0 Å². The Morgan fingerprint density at radius 3 is 2.11 bits per heavy atom. The lowest BCUT2D eigenvalue weighted by atomic mass is 10.1. The van der Waals surface area contributed by atoms with Gasteiger partial charge in [0.15, 0.2) is 0 Å². The highest BCUT2D eigenvalue weighted by Crippen LogP contribution is 2.04. The van der Waals surface area contributed by atoms with Crippen molar-refractivity contribution in [1.82, 2.24) is 10.2 Å². The van der Waals surface area contributed by atoms with Gasteiger partial charge in [-0.25, -0.2) is 0 Å². The predicted molar refractivity (Wildman–Crippen MR) is 80.3 cm³/mol. The first kappa shape index (κ1) is 20.5. The molecule has 0 aromatic rings. The number of hydrogen-bond acceptors (Lipinski definition) is 3. The summed E-state index contributed by atoms with van der Waals surface area (Å²) in [5, 5.41) is 2.85. The van der Waals surface area contributed by atoms with E-state index in [9.17, 15) is 9.59 Å². The minimum absolute atomic E-state index is 0. The number of carbonyl (C=O) groups is 2. The summed E-state index contributed by atoms with van der Waals surface area (Å²) in [7, 11) is 0. The number of carbonyl (C=O) groups excluding carboxylic acids is 2. The number of nitrogens with one attached hydrogen (secondary N) is 1. The molecule has 3 N–H and O–H groups in total. The summed E-state index contributed by atoms with van der Waals surface area (Å²) in [5.74, 6) is 0.0729. The molecule has 6 heteroatoms. The van der Waals surface area contributed by atoms with E-state index in [0.717, 1.165) is 13.1 Å². The second-order valence-corrected chi connectivity index (χ2v) is 5.06. The average Bonchev–Trinajstić information content (AvgIpc) is 2.30. The van der Waals surface area contributed by atoms with E-state index >= 15 is 0 Å². The number of nitrogens with zero attached hydrogens (tertiary/aromatic N) is 1. The Balaban J connectivity index is 0. The second kappa shape index (κ2) is 10.0. The van der Waals surface area contributed by atoms with E-state index in [1.807, 2.05) is 27.7 Å². The smallest absolute Gasteiger partial charge is 0.222 e. The number of halogens is 1. The molecule has 0 atom stereocenters. The summed E-state index contributed by atoms with van der Waals surface area (Å²) in [6.07, 6.45) is 1.39. The van der Waals surface area contributed by atoms with Crippen molar-refractivity contribution in [3.05, 3.63) is 0 Å². The van der Waals surface area contributed by atoms with Crippen molar-refractivity contribution in [1.29, 1.82) is 0 Å². The molecule has 2 amide bonds. The van der Waals surface area contributed by atoms with E-state index in [1.165, 1.54) is 0 Å². The molecule has 0 rings (SSSR count). The molecule has 0 saturated carbocycles. The molecule has 0 radical (unpaired) electrons. The van der Waals surface area contributed by atoms with E-state index < -0.39 is 0 Å². The minimum atomic E-state index is -0.375. The molecule has 0 aromatic heterocycles. The maximum Gasteiger partial charge on any atom is 0.222 e. The fourth-order valence-electron chi connectivity index (χ4n) is 1.63. The normalized spacial score (nSPS) is 10.6. The van der Waals surface area contributed by atoms with Crippen molar-refractivity contribution < 1.29 is 9.59 Å². The van der Waals surface area contributed by atoms with Crippen LogP contribution >= 0.6 is 12.4 Å². The fourth-order valence-corrected chi connectivity index (χ4v) is 1.63. The van der Waals surface area contributed by atoms with Gasteiger partial charge in [0.05, 0.1) is 0 Å². The molecule has 0 saturated heterocycles. The van der Waals surface area contributed by atoms with Gasteiger partial charge in [-0.15, -0.1) is 12.4 Å². The van der Waals surface area contributed by atoms with Crippen molar-refractivity contribution in [2.24, 2.45) is 5.73 Å². The third-order valence-corrected chi connectivity index (χ3v) is 2.90. The zero-order valence-corrected chi connectivity index (χ0v) is 13.3. The highest BCUT2D eigenvalue weighted by atomic mass is 35.5. The number of rotatable bonds is 8. The zero-order chi connectivity index (χ0) is 14.2. The molecule has 114 valence electrons. The predicted octanol–water partition coefficient (Wildman–Crippen LogP) is 1.30. The highest BCUT2D eigenvalue weighted by Gasteiger charge is 2.18. The number of amides is 2.